The second-order valence-electron chi connectivity index (χ2n) is 5.09. The van der Waals surface area contributed by atoms with Crippen molar-refractivity contribution in [3.05, 3.63) is 0 Å². The van der Waals surface area contributed by atoms with E-state index in [4.69, 9.17) is 0 Å². The Bertz CT molecular complexity index is 244. The number of fused-ring (bicyclic) bond motifs is 1. The number of carbonyl (C=O) groups excluding carboxylic acids is 1. The molecule has 4 nitrogen and oxygen atoms in total. The van der Waals surface area contributed by atoms with E-state index in [0.29, 0.717) is 6.04 Å². The number of rotatable bonds is 3. The molecule has 3 N–H and O–H groups in total. The number of nitrogens with one attached hydrogen (secondary N) is 3. The molecule has 0 aromatic heterocycles. The van der Waals surface area contributed by atoms with E-state index in [-0.39, 0.29) is 6.03 Å². The quantitative estimate of drug-likeness (QED) is 0.673. The Hall–Kier alpha value is -0.770. The van der Waals surface area contributed by atoms with Gasteiger partial charge in [0.25, 0.3) is 0 Å². The van der Waals surface area contributed by atoms with Gasteiger partial charge < -0.3 is 16.0 Å². The SMILES string of the molecule is CCCNC(=O)NC1CC[C@H]2CNC[C@H]2C1. The van der Waals surface area contributed by atoms with E-state index in [0.717, 1.165) is 44.2 Å². The van der Waals surface area contributed by atoms with E-state index < -0.39 is 0 Å². The standard InChI is InChI=1S/C12H23N3O/c1-2-5-14-12(16)15-11-4-3-9-7-13-8-10(9)6-11/h9-11,13H,2-8H2,1H3,(H2,14,15,16)/t9-,10+,11?/m0/s1. The van der Waals surface area contributed by atoms with Crippen molar-refractivity contribution in [1.29, 1.82) is 0 Å². The molecule has 1 aliphatic carbocycles. The lowest BCUT2D eigenvalue weighted by Crippen LogP contribution is -2.45. The molecule has 16 heavy (non-hydrogen) atoms. The molecule has 2 fully saturated rings. The highest BCUT2D eigenvalue weighted by atomic mass is 16.2. The Morgan fingerprint density at radius 3 is 2.94 bits per heavy atom. The first-order chi connectivity index (χ1) is 7.79. The van der Waals surface area contributed by atoms with Crippen LogP contribution in [-0.2, 0) is 0 Å². The van der Waals surface area contributed by atoms with Crippen LogP contribution < -0.4 is 16.0 Å². The molecule has 3 atom stereocenters. The maximum absolute atomic E-state index is 11.5. The number of hydrogen-bond donors (Lipinski definition) is 3. The lowest BCUT2D eigenvalue weighted by Gasteiger charge is -2.31. The maximum atomic E-state index is 11.5. The molecule has 2 amide bonds. The molecule has 1 saturated heterocycles. The van der Waals surface area contributed by atoms with Crippen LogP contribution in [0.2, 0.25) is 0 Å². The Morgan fingerprint density at radius 1 is 1.31 bits per heavy atom. The van der Waals surface area contributed by atoms with E-state index in [2.05, 4.69) is 22.9 Å². The van der Waals surface area contributed by atoms with Gasteiger partial charge in [-0.15, -0.1) is 0 Å². The highest BCUT2D eigenvalue weighted by Gasteiger charge is 2.34. The molecular weight excluding hydrogens is 202 g/mol. The van der Waals surface area contributed by atoms with Crippen LogP contribution in [0.3, 0.4) is 0 Å². The summed E-state index contributed by atoms with van der Waals surface area (Å²) in [4.78, 5) is 11.5. The summed E-state index contributed by atoms with van der Waals surface area (Å²) in [6.45, 7) is 5.15. The monoisotopic (exact) mass is 225 g/mol. The van der Waals surface area contributed by atoms with Crippen LogP contribution >= 0.6 is 0 Å². The number of amides is 2. The molecule has 2 aliphatic rings. The second-order valence-corrected chi connectivity index (χ2v) is 5.09. The van der Waals surface area contributed by atoms with Gasteiger partial charge in [0.15, 0.2) is 0 Å². The first-order valence-corrected chi connectivity index (χ1v) is 6.54. The van der Waals surface area contributed by atoms with Gasteiger partial charge in [0.2, 0.25) is 0 Å². The zero-order chi connectivity index (χ0) is 11.4. The van der Waals surface area contributed by atoms with E-state index in [1.807, 2.05) is 0 Å². The fourth-order valence-electron chi connectivity index (χ4n) is 2.91. The third-order valence-corrected chi connectivity index (χ3v) is 3.82. The Labute approximate surface area is 97.6 Å². The van der Waals surface area contributed by atoms with Crippen LogP contribution in [0.4, 0.5) is 4.79 Å². The van der Waals surface area contributed by atoms with Crippen molar-refractivity contribution in [3.63, 3.8) is 0 Å². The van der Waals surface area contributed by atoms with Gasteiger partial charge in [0.05, 0.1) is 0 Å². The van der Waals surface area contributed by atoms with Crippen molar-refractivity contribution in [1.82, 2.24) is 16.0 Å². The van der Waals surface area contributed by atoms with Gasteiger partial charge in [-0.25, -0.2) is 4.79 Å². The molecule has 1 unspecified atom stereocenters. The van der Waals surface area contributed by atoms with Crippen LogP contribution in [-0.4, -0.2) is 31.7 Å². The van der Waals surface area contributed by atoms with Crippen molar-refractivity contribution < 1.29 is 4.79 Å². The number of carbonyl (C=O) groups is 1. The van der Waals surface area contributed by atoms with Crippen LogP contribution in [0.15, 0.2) is 0 Å². The van der Waals surface area contributed by atoms with Crippen LogP contribution in [0.5, 0.6) is 0 Å². The van der Waals surface area contributed by atoms with Gasteiger partial charge in [-0.3, -0.25) is 0 Å². The minimum Gasteiger partial charge on any atom is -0.338 e. The fraction of sp³-hybridized carbons (Fsp3) is 0.917. The first-order valence-electron chi connectivity index (χ1n) is 6.54. The van der Waals surface area contributed by atoms with Gasteiger partial charge in [0.1, 0.15) is 0 Å². The van der Waals surface area contributed by atoms with Gasteiger partial charge in [0, 0.05) is 12.6 Å². The smallest absolute Gasteiger partial charge is 0.315 e. The van der Waals surface area contributed by atoms with Gasteiger partial charge in [-0.05, 0) is 50.6 Å². The molecule has 0 aromatic rings. The van der Waals surface area contributed by atoms with Crippen LogP contribution in [0, 0.1) is 11.8 Å². The van der Waals surface area contributed by atoms with Crippen LogP contribution in [0.25, 0.3) is 0 Å². The summed E-state index contributed by atoms with van der Waals surface area (Å²) in [5.41, 5.74) is 0. The number of hydrogen-bond acceptors (Lipinski definition) is 2. The summed E-state index contributed by atoms with van der Waals surface area (Å²) in [6, 6.07) is 0.397. The summed E-state index contributed by atoms with van der Waals surface area (Å²) in [5.74, 6) is 1.64. The topological polar surface area (TPSA) is 53.2 Å². The molecule has 1 heterocycles. The zero-order valence-electron chi connectivity index (χ0n) is 10.1. The molecule has 1 aliphatic heterocycles. The van der Waals surface area contributed by atoms with E-state index in [1.54, 1.807) is 0 Å². The average molecular weight is 225 g/mol. The van der Waals surface area contributed by atoms with E-state index >= 15 is 0 Å². The Balaban J connectivity index is 1.72. The maximum Gasteiger partial charge on any atom is 0.315 e. The average Bonchev–Trinajstić information content (AvgIpc) is 2.73. The van der Waals surface area contributed by atoms with Gasteiger partial charge in [-0.2, -0.15) is 0 Å². The minimum absolute atomic E-state index is 0.0104. The predicted molar refractivity (Wildman–Crippen MR) is 64.3 cm³/mol. The highest BCUT2D eigenvalue weighted by Crippen LogP contribution is 2.32. The predicted octanol–water partition coefficient (Wildman–Crippen LogP) is 1.08. The fourth-order valence-corrected chi connectivity index (χ4v) is 2.91. The van der Waals surface area contributed by atoms with Gasteiger partial charge in [-0.1, -0.05) is 6.92 Å². The summed E-state index contributed by atoms with van der Waals surface area (Å²) in [7, 11) is 0. The third-order valence-electron chi connectivity index (χ3n) is 3.82. The Kier molecular flexibility index (Phi) is 4.04. The lowest BCUT2D eigenvalue weighted by molar-refractivity contribution is 0.215. The normalized spacial score (nSPS) is 33.2. The largest absolute Gasteiger partial charge is 0.338 e. The van der Waals surface area contributed by atoms with Crippen molar-refractivity contribution in [2.24, 2.45) is 11.8 Å². The molecule has 1 saturated carbocycles. The van der Waals surface area contributed by atoms with E-state index in [9.17, 15) is 4.79 Å². The molecule has 0 bridgehead atoms. The van der Waals surface area contributed by atoms with Crippen molar-refractivity contribution in [3.8, 4) is 0 Å². The zero-order valence-corrected chi connectivity index (χ0v) is 10.1. The molecule has 92 valence electrons. The summed E-state index contributed by atoms with van der Waals surface area (Å²) in [5, 5.41) is 9.41. The summed E-state index contributed by atoms with van der Waals surface area (Å²) in [6.07, 6.45) is 4.54. The first kappa shape index (κ1) is 11.7. The molecule has 0 spiro atoms. The third kappa shape index (κ3) is 2.88. The number of urea groups is 1. The van der Waals surface area contributed by atoms with Crippen molar-refractivity contribution in [2.45, 2.75) is 38.6 Å². The molecule has 0 aromatic carbocycles. The summed E-state index contributed by atoms with van der Waals surface area (Å²) < 4.78 is 0. The molecule has 4 heteroatoms. The Morgan fingerprint density at radius 2 is 2.12 bits per heavy atom. The lowest BCUT2D eigenvalue weighted by atomic mass is 9.79. The molecule has 2 rings (SSSR count). The second kappa shape index (κ2) is 5.53. The summed E-state index contributed by atoms with van der Waals surface area (Å²) >= 11 is 0. The van der Waals surface area contributed by atoms with Gasteiger partial charge >= 0.3 is 6.03 Å². The van der Waals surface area contributed by atoms with Crippen LogP contribution in [0.1, 0.15) is 32.6 Å². The van der Waals surface area contributed by atoms with Crippen molar-refractivity contribution in [2.75, 3.05) is 19.6 Å². The van der Waals surface area contributed by atoms with Crippen molar-refractivity contribution >= 4 is 6.03 Å². The highest BCUT2D eigenvalue weighted by molar-refractivity contribution is 5.74. The van der Waals surface area contributed by atoms with E-state index in [1.165, 1.54) is 13.0 Å². The molecule has 0 radical (unpaired) electrons. The minimum atomic E-state index is 0.0104. The molecular formula is C12H23N3O.